The van der Waals surface area contributed by atoms with Crippen LogP contribution in [0.5, 0.6) is 0 Å². The van der Waals surface area contributed by atoms with Gasteiger partial charge in [-0.3, -0.25) is 9.59 Å². The SMILES string of the molecule is Cc1ccc(C)c(NC(=O)C(CC(=O)O)Cc2ccc(Cl)cc2)c1. The smallest absolute Gasteiger partial charge is 0.304 e. The molecule has 0 fully saturated rings. The van der Waals surface area contributed by atoms with Gasteiger partial charge in [0.2, 0.25) is 5.91 Å². The van der Waals surface area contributed by atoms with Crippen molar-refractivity contribution in [2.24, 2.45) is 5.92 Å². The highest BCUT2D eigenvalue weighted by Crippen LogP contribution is 2.21. The van der Waals surface area contributed by atoms with Gasteiger partial charge in [-0.15, -0.1) is 0 Å². The summed E-state index contributed by atoms with van der Waals surface area (Å²) in [5.74, 6) is -1.94. The lowest BCUT2D eigenvalue weighted by molar-refractivity contribution is -0.140. The first kappa shape index (κ1) is 18.0. The second-order valence-electron chi connectivity index (χ2n) is 5.93. The van der Waals surface area contributed by atoms with E-state index < -0.39 is 11.9 Å². The molecular weight excluding hydrogens is 326 g/mol. The monoisotopic (exact) mass is 345 g/mol. The van der Waals surface area contributed by atoms with E-state index in [1.807, 2.05) is 44.2 Å². The number of carboxylic acids is 1. The van der Waals surface area contributed by atoms with Crippen LogP contribution in [-0.4, -0.2) is 17.0 Å². The largest absolute Gasteiger partial charge is 0.481 e. The highest BCUT2D eigenvalue weighted by molar-refractivity contribution is 6.30. The zero-order chi connectivity index (χ0) is 17.7. The molecule has 2 N–H and O–H groups in total. The maximum absolute atomic E-state index is 12.6. The summed E-state index contributed by atoms with van der Waals surface area (Å²) in [7, 11) is 0. The van der Waals surface area contributed by atoms with Gasteiger partial charge in [0, 0.05) is 10.7 Å². The lowest BCUT2D eigenvalue weighted by Crippen LogP contribution is -2.27. The summed E-state index contributed by atoms with van der Waals surface area (Å²) in [5.41, 5.74) is 3.56. The van der Waals surface area contributed by atoms with Gasteiger partial charge in [0.15, 0.2) is 0 Å². The van der Waals surface area contributed by atoms with Crippen molar-refractivity contribution in [2.45, 2.75) is 26.7 Å². The number of halogens is 1. The lowest BCUT2D eigenvalue weighted by atomic mass is 9.95. The van der Waals surface area contributed by atoms with E-state index in [0.717, 1.165) is 16.7 Å². The number of hydrogen-bond donors (Lipinski definition) is 2. The molecule has 0 aliphatic rings. The molecule has 0 aromatic heterocycles. The number of rotatable bonds is 6. The summed E-state index contributed by atoms with van der Waals surface area (Å²) in [6, 6.07) is 12.9. The van der Waals surface area contributed by atoms with Gasteiger partial charge in [-0.25, -0.2) is 0 Å². The minimum Gasteiger partial charge on any atom is -0.481 e. The Balaban J connectivity index is 2.16. The van der Waals surface area contributed by atoms with Crippen molar-refractivity contribution in [3.8, 4) is 0 Å². The molecule has 0 saturated carbocycles. The standard InChI is InChI=1S/C19H20ClNO3/c1-12-3-4-13(2)17(9-12)21-19(24)15(11-18(22)23)10-14-5-7-16(20)8-6-14/h3-9,15H,10-11H2,1-2H3,(H,21,24)(H,22,23). The number of carbonyl (C=O) groups excluding carboxylic acids is 1. The second-order valence-corrected chi connectivity index (χ2v) is 6.37. The van der Waals surface area contributed by atoms with E-state index in [1.54, 1.807) is 12.1 Å². The molecule has 5 heteroatoms. The maximum Gasteiger partial charge on any atom is 0.304 e. The third-order valence-corrected chi connectivity index (χ3v) is 4.09. The fourth-order valence-electron chi connectivity index (χ4n) is 2.48. The number of anilines is 1. The molecule has 0 spiro atoms. The average Bonchev–Trinajstić information content (AvgIpc) is 2.52. The van der Waals surface area contributed by atoms with E-state index in [2.05, 4.69) is 5.32 Å². The molecule has 126 valence electrons. The third kappa shape index (κ3) is 5.10. The fraction of sp³-hybridized carbons (Fsp3) is 0.263. The van der Waals surface area contributed by atoms with Crippen LogP contribution in [0.3, 0.4) is 0 Å². The van der Waals surface area contributed by atoms with Crippen molar-refractivity contribution in [2.75, 3.05) is 5.32 Å². The molecule has 2 aromatic carbocycles. The van der Waals surface area contributed by atoms with Crippen molar-refractivity contribution in [3.63, 3.8) is 0 Å². The van der Waals surface area contributed by atoms with Crippen molar-refractivity contribution in [1.82, 2.24) is 0 Å². The van der Waals surface area contributed by atoms with Crippen molar-refractivity contribution in [3.05, 3.63) is 64.2 Å². The Morgan fingerprint density at radius 2 is 1.79 bits per heavy atom. The zero-order valence-electron chi connectivity index (χ0n) is 13.7. The quantitative estimate of drug-likeness (QED) is 0.823. The van der Waals surface area contributed by atoms with Gasteiger partial charge >= 0.3 is 5.97 Å². The van der Waals surface area contributed by atoms with Crippen LogP contribution in [0.1, 0.15) is 23.1 Å². The molecule has 1 unspecified atom stereocenters. The average molecular weight is 346 g/mol. The van der Waals surface area contributed by atoms with Crippen LogP contribution in [-0.2, 0) is 16.0 Å². The molecule has 0 aliphatic heterocycles. The first-order chi connectivity index (χ1) is 11.3. The zero-order valence-corrected chi connectivity index (χ0v) is 14.4. The van der Waals surface area contributed by atoms with Crippen LogP contribution in [0.4, 0.5) is 5.69 Å². The molecule has 4 nitrogen and oxygen atoms in total. The van der Waals surface area contributed by atoms with Gasteiger partial charge in [0.1, 0.15) is 0 Å². The van der Waals surface area contributed by atoms with Crippen molar-refractivity contribution < 1.29 is 14.7 Å². The van der Waals surface area contributed by atoms with E-state index in [-0.39, 0.29) is 12.3 Å². The van der Waals surface area contributed by atoms with Crippen LogP contribution >= 0.6 is 11.6 Å². The van der Waals surface area contributed by atoms with Crippen LogP contribution in [0.25, 0.3) is 0 Å². The molecule has 0 aliphatic carbocycles. The Morgan fingerprint density at radius 3 is 2.42 bits per heavy atom. The molecule has 1 amide bonds. The first-order valence-corrected chi connectivity index (χ1v) is 8.07. The summed E-state index contributed by atoms with van der Waals surface area (Å²) < 4.78 is 0. The van der Waals surface area contributed by atoms with Crippen LogP contribution in [0.2, 0.25) is 5.02 Å². The Bertz CT molecular complexity index is 741. The van der Waals surface area contributed by atoms with E-state index in [9.17, 15) is 9.59 Å². The highest BCUT2D eigenvalue weighted by atomic mass is 35.5. The molecule has 0 saturated heterocycles. The van der Waals surface area contributed by atoms with Gasteiger partial charge in [0.05, 0.1) is 12.3 Å². The number of aryl methyl sites for hydroxylation is 2. The van der Waals surface area contributed by atoms with Crippen LogP contribution in [0, 0.1) is 19.8 Å². The van der Waals surface area contributed by atoms with E-state index in [4.69, 9.17) is 16.7 Å². The van der Waals surface area contributed by atoms with Crippen molar-refractivity contribution in [1.29, 1.82) is 0 Å². The number of carbonyl (C=O) groups is 2. The molecule has 0 heterocycles. The number of nitrogens with one attached hydrogen (secondary N) is 1. The predicted molar refractivity (Wildman–Crippen MR) is 95.4 cm³/mol. The maximum atomic E-state index is 12.6. The molecule has 1 atom stereocenters. The molecule has 0 radical (unpaired) electrons. The minimum atomic E-state index is -0.995. The van der Waals surface area contributed by atoms with Gasteiger partial charge in [0.25, 0.3) is 0 Å². The second kappa shape index (κ2) is 7.97. The Labute approximate surface area is 146 Å². The molecular formula is C19H20ClNO3. The Hall–Kier alpha value is -2.33. The molecule has 0 bridgehead atoms. The van der Waals surface area contributed by atoms with Gasteiger partial charge in [-0.1, -0.05) is 35.9 Å². The number of aliphatic carboxylic acids is 1. The number of amides is 1. The number of carboxylic acid groups (broad SMARTS) is 1. The molecule has 24 heavy (non-hydrogen) atoms. The van der Waals surface area contributed by atoms with Crippen LogP contribution in [0.15, 0.2) is 42.5 Å². The number of benzene rings is 2. The van der Waals surface area contributed by atoms with Crippen molar-refractivity contribution >= 4 is 29.2 Å². The van der Waals surface area contributed by atoms with Gasteiger partial charge in [-0.2, -0.15) is 0 Å². The summed E-state index contributed by atoms with van der Waals surface area (Å²) in [6.45, 7) is 3.85. The minimum absolute atomic E-state index is 0.223. The van der Waals surface area contributed by atoms with E-state index in [1.165, 1.54) is 0 Å². The topological polar surface area (TPSA) is 66.4 Å². The van der Waals surface area contributed by atoms with E-state index >= 15 is 0 Å². The highest BCUT2D eigenvalue weighted by Gasteiger charge is 2.22. The van der Waals surface area contributed by atoms with Crippen LogP contribution < -0.4 is 5.32 Å². The van der Waals surface area contributed by atoms with E-state index in [0.29, 0.717) is 17.1 Å². The lowest BCUT2D eigenvalue weighted by Gasteiger charge is -2.17. The molecule has 2 aromatic rings. The van der Waals surface area contributed by atoms with Gasteiger partial charge < -0.3 is 10.4 Å². The summed E-state index contributed by atoms with van der Waals surface area (Å²) in [4.78, 5) is 23.7. The fourth-order valence-corrected chi connectivity index (χ4v) is 2.60. The first-order valence-electron chi connectivity index (χ1n) is 7.69. The number of hydrogen-bond acceptors (Lipinski definition) is 2. The predicted octanol–water partition coefficient (Wildman–Crippen LogP) is 4.23. The normalized spacial score (nSPS) is 11.8. The molecule has 2 rings (SSSR count). The third-order valence-electron chi connectivity index (χ3n) is 3.84. The van der Waals surface area contributed by atoms with Gasteiger partial charge in [-0.05, 0) is 55.2 Å². The Kier molecular flexibility index (Phi) is 5.99. The summed E-state index contributed by atoms with van der Waals surface area (Å²) in [6.07, 6.45) is 0.124. The summed E-state index contributed by atoms with van der Waals surface area (Å²) >= 11 is 5.86. The summed E-state index contributed by atoms with van der Waals surface area (Å²) in [5, 5.41) is 12.6. The Morgan fingerprint density at radius 1 is 1.12 bits per heavy atom.